The standard InChI is InChI=1S/C31H27N3O2/c35-31-25-27(21-13-5-1-6-14-21)32-28(22-15-7-2-8-16-22)26(31)30(24-19-11-4-12-20-24)34(33-36)29(25)23-17-9-3-10-18-23/h1-20,25-30,32H. The Kier molecular flexibility index (Phi) is 5.91. The van der Waals surface area contributed by atoms with Gasteiger partial charge in [-0.25, -0.2) is 5.01 Å². The topological polar surface area (TPSA) is 61.8 Å². The van der Waals surface area contributed by atoms with Crippen molar-refractivity contribution in [2.45, 2.75) is 24.2 Å². The van der Waals surface area contributed by atoms with E-state index in [1.807, 2.05) is 97.1 Å². The minimum atomic E-state index is -0.493. The highest BCUT2D eigenvalue weighted by molar-refractivity contribution is 5.89. The number of nitrogens with zero attached hydrogens (tertiary/aromatic N) is 2. The van der Waals surface area contributed by atoms with Gasteiger partial charge >= 0.3 is 0 Å². The molecule has 0 amide bonds. The Hall–Kier alpha value is -4.09. The molecule has 5 nitrogen and oxygen atoms in total. The second-order valence-electron chi connectivity index (χ2n) is 9.57. The van der Waals surface area contributed by atoms with Crippen molar-refractivity contribution in [2.24, 2.45) is 17.1 Å². The SMILES string of the molecule is O=NN1C(c2ccccc2)C2C(=O)C(C(c3ccccc3)NC2c2ccccc2)C1c1ccccc1. The largest absolute Gasteiger partial charge is 0.302 e. The van der Waals surface area contributed by atoms with Crippen molar-refractivity contribution in [1.29, 1.82) is 0 Å². The number of nitrogens with one attached hydrogen (secondary N) is 1. The molecule has 2 aliphatic heterocycles. The Morgan fingerprint density at radius 2 is 0.861 bits per heavy atom. The van der Waals surface area contributed by atoms with Gasteiger partial charge in [-0.1, -0.05) is 121 Å². The van der Waals surface area contributed by atoms with Crippen molar-refractivity contribution >= 4 is 5.78 Å². The second kappa shape index (κ2) is 9.51. The summed E-state index contributed by atoms with van der Waals surface area (Å²) in [6.45, 7) is 0. The molecule has 0 aliphatic carbocycles. The van der Waals surface area contributed by atoms with Gasteiger partial charge in [0.25, 0.3) is 0 Å². The summed E-state index contributed by atoms with van der Waals surface area (Å²) >= 11 is 0. The zero-order chi connectivity index (χ0) is 24.5. The first-order valence-corrected chi connectivity index (χ1v) is 12.4. The van der Waals surface area contributed by atoms with Gasteiger partial charge in [0.05, 0.1) is 29.2 Å². The summed E-state index contributed by atoms with van der Waals surface area (Å²) in [5.74, 6) is -0.783. The lowest BCUT2D eigenvalue weighted by Gasteiger charge is -2.55. The van der Waals surface area contributed by atoms with E-state index in [1.165, 1.54) is 0 Å². The van der Waals surface area contributed by atoms with Crippen LogP contribution in [0.4, 0.5) is 0 Å². The van der Waals surface area contributed by atoms with Crippen molar-refractivity contribution in [2.75, 3.05) is 0 Å². The zero-order valence-electron chi connectivity index (χ0n) is 19.7. The first-order valence-electron chi connectivity index (χ1n) is 12.4. The molecule has 2 aliphatic rings. The summed E-state index contributed by atoms with van der Waals surface area (Å²) in [4.78, 5) is 27.3. The van der Waals surface area contributed by atoms with Crippen LogP contribution in [0.5, 0.6) is 0 Å². The van der Waals surface area contributed by atoms with E-state index in [1.54, 1.807) is 5.01 Å². The molecule has 5 heteroatoms. The third-order valence-corrected chi connectivity index (χ3v) is 7.68. The van der Waals surface area contributed by atoms with Crippen molar-refractivity contribution in [3.8, 4) is 0 Å². The molecular weight excluding hydrogens is 446 g/mol. The molecule has 0 radical (unpaired) electrons. The van der Waals surface area contributed by atoms with Crippen LogP contribution in [-0.4, -0.2) is 10.8 Å². The average Bonchev–Trinajstić information content (AvgIpc) is 2.95. The molecule has 2 bridgehead atoms. The molecular formula is C31H27N3O2. The van der Waals surface area contributed by atoms with Crippen LogP contribution in [-0.2, 0) is 4.79 Å². The molecule has 6 rings (SSSR count). The maximum atomic E-state index is 14.6. The molecule has 6 unspecified atom stereocenters. The van der Waals surface area contributed by atoms with E-state index in [0.717, 1.165) is 22.3 Å². The normalized spacial score (nSPS) is 27.4. The number of Topliss-reactive ketones (excluding diaryl/α,β-unsaturated/α-hetero) is 1. The summed E-state index contributed by atoms with van der Waals surface area (Å²) in [5.41, 5.74) is 3.88. The molecule has 1 N–H and O–H groups in total. The van der Waals surface area contributed by atoms with Crippen LogP contribution in [0.1, 0.15) is 46.4 Å². The predicted octanol–water partition coefficient (Wildman–Crippen LogP) is 6.35. The number of nitroso groups, excluding NO2 is 1. The number of carbonyl (C=O) groups is 1. The fourth-order valence-electron chi connectivity index (χ4n) is 6.18. The molecule has 4 aromatic rings. The van der Waals surface area contributed by atoms with Gasteiger partial charge in [-0.3, -0.25) is 4.79 Å². The smallest absolute Gasteiger partial charge is 0.147 e. The molecule has 36 heavy (non-hydrogen) atoms. The minimum absolute atomic E-state index is 0.166. The maximum absolute atomic E-state index is 14.6. The Morgan fingerprint density at radius 3 is 1.19 bits per heavy atom. The Morgan fingerprint density at radius 1 is 0.528 bits per heavy atom. The summed E-state index contributed by atoms with van der Waals surface area (Å²) < 4.78 is 0. The van der Waals surface area contributed by atoms with Gasteiger partial charge < -0.3 is 5.32 Å². The van der Waals surface area contributed by atoms with E-state index in [4.69, 9.17) is 0 Å². The Balaban J connectivity index is 1.58. The number of hydrogen-bond acceptors (Lipinski definition) is 4. The van der Waals surface area contributed by atoms with Crippen molar-refractivity contribution in [3.05, 3.63) is 148 Å². The van der Waals surface area contributed by atoms with Crippen LogP contribution in [0.15, 0.2) is 127 Å². The lowest BCUT2D eigenvalue weighted by atomic mass is 9.63. The van der Waals surface area contributed by atoms with Crippen LogP contribution < -0.4 is 5.32 Å². The van der Waals surface area contributed by atoms with Crippen molar-refractivity contribution in [1.82, 2.24) is 10.3 Å². The molecule has 6 atom stereocenters. The highest BCUT2D eigenvalue weighted by Gasteiger charge is 2.59. The molecule has 2 heterocycles. The van der Waals surface area contributed by atoms with Gasteiger partial charge in [-0.2, -0.15) is 0 Å². The lowest BCUT2D eigenvalue weighted by molar-refractivity contribution is -0.150. The molecule has 0 aromatic heterocycles. The van der Waals surface area contributed by atoms with Crippen LogP contribution in [0.25, 0.3) is 0 Å². The van der Waals surface area contributed by atoms with Crippen molar-refractivity contribution < 1.29 is 4.79 Å². The van der Waals surface area contributed by atoms with Gasteiger partial charge in [-0.05, 0) is 22.3 Å². The van der Waals surface area contributed by atoms with E-state index in [-0.39, 0.29) is 17.9 Å². The van der Waals surface area contributed by atoms with Gasteiger partial charge in [0.2, 0.25) is 0 Å². The third kappa shape index (κ3) is 3.73. The first kappa shape index (κ1) is 22.4. The highest BCUT2D eigenvalue weighted by Crippen LogP contribution is 2.56. The van der Waals surface area contributed by atoms with E-state index in [0.29, 0.717) is 0 Å². The van der Waals surface area contributed by atoms with Crippen LogP contribution in [0.3, 0.4) is 0 Å². The quantitative estimate of drug-likeness (QED) is 0.343. The molecule has 2 fully saturated rings. The fraction of sp³-hybridized carbons (Fsp3) is 0.194. The number of rotatable bonds is 5. The highest BCUT2D eigenvalue weighted by atomic mass is 16.3. The molecule has 2 saturated heterocycles. The van der Waals surface area contributed by atoms with Gasteiger partial charge in [0.1, 0.15) is 5.78 Å². The summed E-state index contributed by atoms with van der Waals surface area (Å²) in [6, 6.07) is 38.3. The second-order valence-corrected chi connectivity index (χ2v) is 9.57. The number of hydrogen-bond donors (Lipinski definition) is 1. The van der Waals surface area contributed by atoms with Gasteiger partial charge in [0, 0.05) is 12.1 Å². The number of benzene rings is 4. The fourth-order valence-corrected chi connectivity index (χ4v) is 6.18. The van der Waals surface area contributed by atoms with E-state index >= 15 is 0 Å². The number of fused-ring (bicyclic) bond motifs is 2. The number of ketones is 1. The Bertz CT molecular complexity index is 1230. The van der Waals surface area contributed by atoms with Crippen molar-refractivity contribution in [3.63, 3.8) is 0 Å². The summed E-state index contributed by atoms with van der Waals surface area (Å²) in [7, 11) is 0. The molecule has 178 valence electrons. The molecule has 4 aromatic carbocycles. The van der Waals surface area contributed by atoms with Gasteiger partial charge in [0.15, 0.2) is 0 Å². The van der Waals surface area contributed by atoms with Gasteiger partial charge in [-0.15, -0.1) is 4.91 Å². The van der Waals surface area contributed by atoms with Crippen LogP contribution in [0.2, 0.25) is 0 Å². The minimum Gasteiger partial charge on any atom is -0.302 e. The van der Waals surface area contributed by atoms with E-state index in [2.05, 4.69) is 34.9 Å². The molecule has 0 spiro atoms. The predicted molar refractivity (Wildman–Crippen MR) is 139 cm³/mol. The average molecular weight is 474 g/mol. The number of piperidine rings is 2. The zero-order valence-corrected chi connectivity index (χ0v) is 19.7. The summed E-state index contributed by atoms with van der Waals surface area (Å²) in [5, 5.41) is 9.17. The van der Waals surface area contributed by atoms with Crippen LogP contribution >= 0.6 is 0 Å². The summed E-state index contributed by atoms with van der Waals surface area (Å²) in [6.07, 6.45) is 0. The third-order valence-electron chi connectivity index (χ3n) is 7.68. The van der Waals surface area contributed by atoms with E-state index < -0.39 is 23.9 Å². The lowest BCUT2D eigenvalue weighted by Crippen LogP contribution is -2.60. The van der Waals surface area contributed by atoms with E-state index in [9.17, 15) is 9.70 Å². The first-order chi connectivity index (χ1) is 17.8. The Labute approximate surface area is 210 Å². The monoisotopic (exact) mass is 473 g/mol. The number of carbonyl (C=O) groups excluding carboxylic acids is 1. The van der Waals surface area contributed by atoms with Crippen LogP contribution in [0, 0.1) is 16.7 Å². The molecule has 0 saturated carbocycles. The maximum Gasteiger partial charge on any atom is 0.147 e.